The van der Waals surface area contributed by atoms with E-state index in [0.29, 0.717) is 37.5 Å². The van der Waals surface area contributed by atoms with Gasteiger partial charge in [-0.05, 0) is 64.1 Å². The number of para-hydroxylation sites is 1. The van der Waals surface area contributed by atoms with Gasteiger partial charge in [0.2, 0.25) is 5.78 Å². The van der Waals surface area contributed by atoms with Crippen LogP contribution in [0.3, 0.4) is 0 Å². The summed E-state index contributed by atoms with van der Waals surface area (Å²) in [6, 6.07) is 13.5. The van der Waals surface area contributed by atoms with E-state index in [1.165, 1.54) is 18.2 Å². The normalized spacial score (nSPS) is 14.0. The lowest BCUT2D eigenvalue weighted by molar-refractivity contribution is -0.0501. The second kappa shape index (κ2) is 11.1. The fourth-order valence-electron chi connectivity index (χ4n) is 4.78. The minimum absolute atomic E-state index is 0.0286. The number of hydrogen-bond acceptors (Lipinski definition) is 7. The average Bonchev–Trinajstić information content (AvgIpc) is 3.27. The zero-order valence-electron chi connectivity index (χ0n) is 23.3. The van der Waals surface area contributed by atoms with Crippen LogP contribution in [-0.4, -0.2) is 69.5 Å². The number of carbonyl (C=O) groups excluding carboxylic acids is 2. The maximum atomic E-state index is 13.5. The predicted molar refractivity (Wildman–Crippen MR) is 150 cm³/mol. The van der Waals surface area contributed by atoms with Crippen LogP contribution >= 0.6 is 0 Å². The molecule has 1 aromatic carbocycles. The number of halogens is 2. The van der Waals surface area contributed by atoms with Gasteiger partial charge in [-0.3, -0.25) is 9.20 Å². The zero-order valence-corrected chi connectivity index (χ0v) is 23.3. The Bertz CT molecular complexity index is 1570. The monoisotopic (exact) mass is 563 g/mol. The second-order valence-electron chi connectivity index (χ2n) is 10.8. The van der Waals surface area contributed by atoms with Gasteiger partial charge in [0.25, 0.3) is 0 Å². The van der Waals surface area contributed by atoms with Crippen LogP contribution in [0.5, 0.6) is 5.75 Å². The maximum Gasteiger partial charge on any atom is 0.410 e. The molecule has 4 aromatic rings. The van der Waals surface area contributed by atoms with E-state index in [-0.39, 0.29) is 23.1 Å². The summed E-state index contributed by atoms with van der Waals surface area (Å²) in [6.45, 7) is 6.54. The van der Waals surface area contributed by atoms with Gasteiger partial charge < -0.3 is 19.3 Å². The Labute approximate surface area is 236 Å². The molecule has 41 heavy (non-hydrogen) atoms. The van der Waals surface area contributed by atoms with Crippen LogP contribution in [0.15, 0.2) is 60.9 Å². The highest BCUT2D eigenvalue weighted by atomic mass is 19.3. The summed E-state index contributed by atoms with van der Waals surface area (Å²) in [4.78, 5) is 38.8. The van der Waals surface area contributed by atoms with Crippen molar-refractivity contribution in [3.05, 3.63) is 77.9 Å². The Kier molecular flexibility index (Phi) is 7.61. The molecule has 0 saturated carbocycles. The first-order valence-corrected chi connectivity index (χ1v) is 13.3. The van der Waals surface area contributed by atoms with E-state index in [4.69, 9.17) is 4.74 Å². The van der Waals surface area contributed by atoms with Crippen molar-refractivity contribution in [3.8, 4) is 16.9 Å². The van der Waals surface area contributed by atoms with Crippen LogP contribution in [0.2, 0.25) is 0 Å². The Morgan fingerprint density at radius 1 is 0.951 bits per heavy atom. The first-order chi connectivity index (χ1) is 19.5. The van der Waals surface area contributed by atoms with E-state index >= 15 is 0 Å². The Balaban J connectivity index is 1.35. The summed E-state index contributed by atoms with van der Waals surface area (Å²) in [7, 11) is 0. The van der Waals surface area contributed by atoms with Crippen molar-refractivity contribution in [2.24, 2.45) is 0 Å². The minimum atomic E-state index is -3.05. The number of benzene rings is 1. The molecular weight excluding hydrogens is 532 g/mol. The highest BCUT2D eigenvalue weighted by molar-refractivity contribution is 6.10. The van der Waals surface area contributed by atoms with Crippen molar-refractivity contribution in [2.75, 3.05) is 31.1 Å². The summed E-state index contributed by atoms with van der Waals surface area (Å²) >= 11 is 0. The Hall–Kier alpha value is -4.54. The number of aromatic nitrogens is 3. The van der Waals surface area contributed by atoms with Crippen molar-refractivity contribution in [1.82, 2.24) is 19.3 Å². The van der Waals surface area contributed by atoms with Crippen molar-refractivity contribution in [2.45, 2.75) is 39.9 Å². The zero-order chi connectivity index (χ0) is 29.3. The smallest absolute Gasteiger partial charge is 0.410 e. The molecule has 0 atom stereocenters. The van der Waals surface area contributed by atoms with Gasteiger partial charge in [-0.1, -0.05) is 12.1 Å². The molecule has 1 aliphatic rings. The summed E-state index contributed by atoms with van der Waals surface area (Å²) < 4.78 is 37.6. The molecule has 4 heterocycles. The van der Waals surface area contributed by atoms with Gasteiger partial charge in [0, 0.05) is 49.7 Å². The van der Waals surface area contributed by atoms with Crippen molar-refractivity contribution in [3.63, 3.8) is 0 Å². The van der Waals surface area contributed by atoms with Crippen LogP contribution in [-0.2, 0) is 4.74 Å². The number of fused-ring (bicyclic) bond motifs is 1. The molecule has 1 aliphatic heterocycles. The summed E-state index contributed by atoms with van der Waals surface area (Å²) in [5.74, 6) is 0.135. The highest BCUT2D eigenvalue weighted by Crippen LogP contribution is 2.28. The molecule has 214 valence electrons. The fourth-order valence-corrected chi connectivity index (χ4v) is 4.78. The lowest BCUT2D eigenvalue weighted by Crippen LogP contribution is -2.50. The average molecular weight is 564 g/mol. The van der Waals surface area contributed by atoms with Crippen LogP contribution in [0, 0.1) is 6.92 Å². The molecule has 0 radical (unpaired) electrons. The third-order valence-corrected chi connectivity index (χ3v) is 6.69. The number of hydrogen-bond donors (Lipinski definition) is 0. The number of imidazole rings is 1. The van der Waals surface area contributed by atoms with E-state index < -0.39 is 18.0 Å². The maximum absolute atomic E-state index is 13.5. The molecule has 1 fully saturated rings. The van der Waals surface area contributed by atoms with Crippen LogP contribution in [0.25, 0.3) is 16.8 Å². The van der Waals surface area contributed by atoms with E-state index in [1.807, 2.05) is 39.0 Å². The molecule has 9 nitrogen and oxygen atoms in total. The largest absolute Gasteiger partial charge is 0.444 e. The van der Waals surface area contributed by atoms with Gasteiger partial charge in [-0.15, -0.1) is 0 Å². The highest BCUT2D eigenvalue weighted by Gasteiger charge is 2.27. The molecule has 0 unspecified atom stereocenters. The standard InChI is InChI=1S/C30H31F2N5O4/c1-19-26(27(38)22-7-5-6-8-23(22)40-28(31)32)37-18-21(10-12-25(37)34-19)20-9-11-24(33-17-20)35-13-15-36(16-14-35)29(39)41-30(2,3)4/h5-12,17-18,28H,13-16H2,1-4H3. The summed E-state index contributed by atoms with van der Waals surface area (Å²) in [6.07, 6.45) is 3.23. The number of aryl methyl sites for hydroxylation is 1. The van der Waals surface area contributed by atoms with E-state index in [0.717, 1.165) is 16.9 Å². The first kappa shape index (κ1) is 28.0. The molecule has 5 rings (SSSR count). The lowest BCUT2D eigenvalue weighted by Gasteiger charge is -2.36. The SMILES string of the molecule is Cc1nc2ccc(-c3ccc(N4CCN(C(=O)OC(C)(C)C)CC4)nc3)cn2c1C(=O)c1ccccc1OC(F)F. The number of anilines is 1. The molecule has 1 amide bonds. The predicted octanol–water partition coefficient (Wildman–Crippen LogP) is 5.59. The molecule has 11 heteroatoms. The molecule has 0 N–H and O–H groups in total. The number of pyridine rings is 2. The molecule has 0 bridgehead atoms. The third-order valence-electron chi connectivity index (χ3n) is 6.69. The molecule has 1 saturated heterocycles. The van der Waals surface area contributed by atoms with Gasteiger partial charge >= 0.3 is 12.7 Å². The number of rotatable bonds is 6. The number of amides is 1. The second-order valence-corrected chi connectivity index (χ2v) is 10.8. The number of nitrogens with zero attached hydrogens (tertiary/aromatic N) is 5. The third kappa shape index (κ3) is 6.13. The lowest BCUT2D eigenvalue weighted by atomic mass is 10.1. The molecule has 0 aliphatic carbocycles. The van der Waals surface area contributed by atoms with Crippen molar-refractivity contribution in [1.29, 1.82) is 0 Å². The van der Waals surface area contributed by atoms with Crippen molar-refractivity contribution < 1.29 is 27.8 Å². The van der Waals surface area contributed by atoms with Crippen molar-refractivity contribution >= 4 is 23.3 Å². The number of piperazine rings is 1. The summed E-state index contributed by atoms with van der Waals surface area (Å²) in [5.41, 5.74) is 2.41. The fraction of sp³-hybridized carbons (Fsp3) is 0.333. The van der Waals surface area contributed by atoms with Gasteiger partial charge in [0.05, 0.1) is 11.3 Å². The number of ketones is 1. The van der Waals surface area contributed by atoms with Gasteiger partial charge in [-0.2, -0.15) is 8.78 Å². The van der Waals surface area contributed by atoms with E-state index in [2.05, 4.69) is 19.6 Å². The number of alkyl halides is 2. The van der Waals surface area contributed by atoms with Gasteiger partial charge in [-0.25, -0.2) is 14.8 Å². The number of ether oxygens (including phenoxy) is 2. The molecule has 3 aromatic heterocycles. The van der Waals surface area contributed by atoms with Gasteiger partial charge in [0.1, 0.15) is 28.5 Å². The van der Waals surface area contributed by atoms with E-state index in [1.54, 1.807) is 40.8 Å². The van der Waals surface area contributed by atoms with Gasteiger partial charge in [0.15, 0.2) is 0 Å². The van der Waals surface area contributed by atoms with E-state index in [9.17, 15) is 18.4 Å². The summed E-state index contributed by atoms with van der Waals surface area (Å²) in [5, 5.41) is 0. The topological polar surface area (TPSA) is 89.3 Å². The first-order valence-electron chi connectivity index (χ1n) is 13.3. The Morgan fingerprint density at radius 2 is 1.66 bits per heavy atom. The number of carbonyl (C=O) groups is 2. The molecular formula is C30H31F2N5O4. The van der Waals surface area contributed by atoms with Crippen LogP contribution in [0.4, 0.5) is 19.4 Å². The van der Waals surface area contributed by atoms with Crippen LogP contribution < -0.4 is 9.64 Å². The minimum Gasteiger partial charge on any atom is -0.444 e. The Morgan fingerprint density at radius 3 is 2.32 bits per heavy atom. The molecule has 0 spiro atoms. The van der Waals surface area contributed by atoms with Crippen LogP contribution in [0.1, 0.15) is 42.5 Å². The quantitative estimate of drug-likeness (QED) is 0.283.